The third kappa shape index (κ3) is 4.61. The first kappa shape index (κ1) is 16.1. The molecule has 1 aromatic heterocycles. The van der Waals surface area contributed by atoms with E-state index in [0.717, 1.165) is 0 Å². The Kier molecular flexibility index (Phi) is 5.57. The summed E-state index contributed by atoms with van der Waals surface area (Å²) >= 11 is 11.6. The van der Waals surface area contributed by atoms with Gasteiger partial charge in [0.05, 0.1) is 15.6 Å². The van der Waals surface area contributed by atoms with Gasteiger partial charge in [-0.2, -0.15) is 0 Å². The van der Waals surface area contributed by atoms with Crippen LogP contribution < -0.4 is 15.6 Å². The van der Waals surface area contributed by atoms with Crippen molar-refractivity contribution in [3.8, 4) is 5.75 Å². The van der Waals surface area contributed by atoms with Crippen molar-refractivity contribution in [3.63, 3.8) is 0 Å². The van der Waals surface area contributed by atoms with Gasteiger partial charge in [-0.05, 0) is 24.3 Å². The molecule has 0 saturated heterocycles. The Morgan fingerprint density at radius 3 is 2.64 bits per heavy atom. The van der Waals surface area contributed by atoms with E-state index >= 15 is 0 Å². The number of hydrazine groups is 1. The minimum Gasteiger partial charge on any atom is -0.484 e. The fourth-order valence-corrected chi connectivity index (χ4v) is 1.74. The average molecular weight is 340 g/mol. The van der Waals surface area contributed by atoms with Gasteiger partial charge in [0.2, 0.25) is 0 Å². The highest BCUT2D eigenvalue weighted by Gasteiger charge is 2.08. The summed E-state index contributed by atoms with van der Waals surface area (Å²) in [7, 11) is 0. The third-order valence-electron chi connectivity index (χ3n) is 2.50. The summed E-state index contributed by atoms with van der Waals surface area (Å²) in [6.07, 6.45) is 2.92. The van der Waals surface area contributed by atoms with E-state index in [4.69, 9.17) is 27.9 Å². The molecule has 114 valence electrons. The van der Waals surface area contributed by atoms with Crippen LogP contribution in [0.4, 0.5) is 0 Å². The summed E-state index contributed by atoms with van der Waals surface area (Å²) in [5.74, 6) is -0.609. The van der Waals surface area contributed by atoms with Gasteiger partial charge in [-0.3, -0.25) is 25.4 Å². The van der Waals surface area contributed by atoms with Gasteiger partial charge < -0.3 is 4.74 Å². The largest absolute Gasteiger partial charge is 0.484 e. The molecule has 0 aliphatic heterocycles. The zero-order valence-corrected chi connectivity index (χ0v) is 12.7. The molecule has 2 amide bonds. The van der Waals surface area contributed by atoms with Crippen LogP contribution in [-0.2, 0) is 4.79 Å². The number of carbonyl (C=O) groups excluding carboxylic acids is 2. The van der Waals surface area contributed by atoms with Crippen molar-refractivity contribution < 1.29 is 14.3 Å². The number of nitrogens with zero attached hydrogens (tertiary/aromatic N) is 1. The highest BCUT2D eigenvalue weighted by molar-refractivity contribution is 6.42. The predicted octanol–water partition coefficient (Wildman–Crippen LogP) is 2.23. The molecule has 0 saturated carbocycles. The highest BCUT2D eigenvalue weighted by atomic mass is 35.5. The fraction of sp³-hybridized carbons (Fsp3) is 0.0714. The second-order valence-electron chi connectivity index (χ2n) is 4.11. The van der Waals surface area contributed by atoms with Gasteiger partial charge in [0.1, 0.15) is 5.75 Å². The van der Waals surface area contributed by atoms with Crippen LogP contribution in [0.3, 0.4) is 0 Å². The molecule has 0 atom stereocenters. The fourth-order valence-electron chi connectivity index (χ4n) is 1.45. The van der Waals surface area contributed by atoms with Gasteiger partial charge in [-0.25, -0.2) is 0 Å². The van der Waals surface area contributed by atoms with Crippen LogP contribution in [-0.4, -0.2) is 23.4 Å². The zero-order valence-electron chi connectivity index (χ0n) is 11.2. The quantitative estimate of drug-likeness (QED) is 0.837. The summed E-state index contributed by atoms with van der Waals surface area (Å²) in [4.78, 5) is 27.0. The molecule has 6 nitrogen and oxygen atoms in total. The number of halogens is 2. The molecule has 0 unspecified atom stereocenters. The van der Waals surface area contributed by atoms with Crippen molar-refractivity contribution in [1.82, 2.24) is 15.8 Å². The molecule has 0 aliphatic carbocycles. The van der Waals surface area contributed by atoms with E-state index < -0.39 is 11.8 Å². The Balaban J connectivity index is 1.78. The third-order valence-corrected chi connectivity index (χ3v) is 3.24. The minimum atomic E-state index is -0.525. The summed E-state index contributed by atoms with van der Waals surface area (Å²) in [5, 5.41) is 0.714. The van der Waals surface area contributed by atoms with E-state index in [1.165, 1.54) is 12.3 Å². The van der Waals surface area contributed by atoms with E-state index in [2.05, 4.69) is 15.8 Å². The topological polar surface area (TPSA) is 80.3 Å². The van der Waals surface area contributed by atoms with Crippen molar-refractivity contribution in [2.45, 2.75) is 0 Å². The molecule has 2 aromatic rings. The van der Waals surface area contributed by atoms with E-state index in [1.807, 2.05) is 0 Å². The number of aromatic nitrogens is 1. The van der Waals surface area contributed by atoms with E-state index in [9.17, 15) is 9.59 Å². The molecule has 2 N–H and O–H groups in total. The summed E-state index contributed by atoms with van der Waals surface area (Å²) < 4.78 is 5.22. The maximum absolute atomic E-state index is 11.7. The minimum absolute atomic E-state index is 0.286. The average Bonchev–Trinajstić information content (AvgIpc) is 2.54. The first-order valence-electron chi connectivity index (χ1n) is 6.13. The normalized spacial score (nSPS) is 9.91. The second-order valence-corrected chi connectivity index (χ2v) is 4.92. The molecule has 8 heteroatoms. The smallest absolute Gasteiger partial charge is 0.276 e. The lowest BCUT2D eigenvalue weighted by atomic mass is 10.3. The maximum atomic E-state index is 11.7. The number of rotatable bonds is 4. The monoisotopic (exact) mass is 339 g/mol. The lowest BCUT2D eigenvalue weighted by molar-refractivity contribution is -0.123. The van der Waals surface area contributed by atoms with E-state index in [-0.39, 0.29) is 6.61 Å². The number of hydrogen-bond donors (Lipinski definition) is 2. The van der Waals surface area contributed by atoms with Crippen molar-refractivity contribution in [2.75, 3.05) is 6.61 Å². The van der Waals surface area contributed by atoms with Gasteiger partial charge >= 0.3 is 0 Å². The van der Waals surface area contributed by atoms with Crippen molar-refractivity contribution in [3.05, 3.63) is 58.3 Å². The molecule has 0 fully saturated rings. The summed E-state index contributed by atoms with van der Waals surface area (Å²) in [5.41, 5.74) is 4.80. The highest BCUT2D eigenvalue weighted by Crippen LogP contribution is 2.26. The van der Waals surface area contributed by atoms with Gasteiger partial charge in [0, 0.05) is 18.5 Å². The molecule has 0 bridgehead atoms. The Bertz CT molecular complexity index is 680. The van der Waals surface area contributed by atoms with Crippen molar-refractivity contribution in [1.29, 1.82) is 0 Å². The molecule has 22 heavy (non-hydrogen) atoms. The number of ether oxygens (including phenoxy) is 1. The molecule has 0 radical (unpaired) electrons. The molecule has 1 heterocycles. The SMILES string of the molecule is O=C(COc1ccc(Cl)c(Cl)c1)NNC(=O)c1cccnc1. The Labute approximate surface area is 136 Å². The van der Waals surface area contributed by atoms with Crippen LogP contribution >= 0.6 is 23.2 Å². The van der Waals surface area contributed by atoms with Crippen LogP contribution in [0.1, 0.15) is 10.4 Å². The van der Waals surface area contributed by atoms with Crippen molar-refractivity contribution in [2.24, 2.45) is 0 Å². The van der Waals surface area contributed by atoms with Gasteiger partial charge in [-0.1, -0.05) is 23.2 Å². The first-order chi connectivity index (χ1) is 10.6. The van der Waals surface area contributed by atoms with Crippen LogP contribution in [0, 0.1) is 0 Å². The molecule has 0 spiro atoms. The molecule has 0 aliphatic rings. The number of hydrogen-bond acceptors (Lipinski definition) is 4. The Morgan fingerprint density at radius 2 is 1.95 bits per heavy atom. The lowest BCUT2D eigenvalue weighted by Gasteiger charge is -2.09. The van der Waals surface area contributed by atoms with Crippen LogP contribution in [0.2, 0.25) is 10.0 Å². The first-order valence-corrected chi connectivity index (χ1v) is 6.89. The van der Waals surface area contributed by atoms with Crippen LogP contribution in [0.5, 0.6) is 5.75 Å². The van der Waals surface area contributed by atoms with Gasteiger partial charge in [0.15, 0.2) is 6.61 Å². The number of nitrogens with one attached hydrogen (secondary N) is 2. The van der Waals surface area contributed by atoms with E-state index in [1.54, 1.807) is 30.5 Å². The molecular weight excluding hydrogens is 329 g/mol. The summed E-state index contributed by atoms with van der Waals surface area (Å²) in [6, 6.07) is 7.81. The Hall–Kier alpha value is -2.31. The lowest BCUT2D eigenvalue weighted by Crippen LogP contribution is -2.43. The number of pyridine rings is 1. The van der Waals surface area contributed by atoms with Gasteiger partial charge in [0.25, 0.3) is 11.8 Å². The number of carbonyl (C=O) groups is 2. The molecule has 1 aromatic carbocycles. The Morgan fingerprint density at radius 1 is 1.14 bits per heavy atom. The molecular formula is C14H11Cl2N3O3. The van der Waals surface area contributed by atoms with Crippen LogP contribution in [0.15, 0.2) is 42.7 Å². The predicted molar refractivity (Wildman–Crippen MR) is 81.8 cm³/mol. The second kappa shape index (κ2) is 7.63. The van der Waals surface area contributed by atoms with Crippen LogP contribution in [0.25, 0.3) is 0 Å². The number of amides is 2. The maximum Gasteiger partial charge on any atom is 0.276 e. The number of benzene rings is 1. The van der Waals surface area contributed by atoms with Gasteiger partial charge in [-0.15, -0.1) is 0 Å². The van der Waals surface area contributed by atoms with E-state index in [0.29, 0.717) is 21.4 Å². The zero-order chi connectivity index (χ0) is 15.9. The summed E-state index contributed by atoms with van der Waals surface area (Å²) in [6.45, 7) is -0.286. The molecule has 2 rings (SSSR count). The standard InChI is InChI=1S/C14H11Cl2N3O3/c15-11-4-3-10(6-12(11)16)22-8-13(20)18-19-14(21)9-2-1-5-17-7-9/h1-7H,8H2,(H,18,20)(H,19,21). The van der Waals surface area contributed by atoms with Crippen molar-refractivity contribution >= 4 is 35.0 Å².